The number of hydrogen-bond acceptors (Lipinski definition) is 5. The number of aromatic nitrogens is 2. The second-order valence-electron chi connectivity index (χ2n) is 7.68. The van der Waals surface area contributed by atoms with Crippen molar-refractivity contribution in [3.63, 3.8) is 0 Å². The average molecular weight is 352 g/mol. The highest BCUT2D eigenvalue weighted by molar-refractivity contribution is 5.52. The van der Waals surface area contributed by atoms with Gasteiger partial charge in [-0.15, -0.1) is 0 Å². The van der Waals surface area contributed by atoms with Crippen molar-refractivity contribution in [3.8, 4) is 5.75 Å². The van der Waals surface area contributed by atoms with E-state index in [-0.39, 0.29) is 0 Å². The molecule has 4 heterocycles. The van der Waals surface area contributed by atoms with Crippen molar-refractivity contribution < 1.29 is 4.74 Å². The van der Waals surface area contributed by atoms with E-state index in [1.807, 2.05) is 6.20 Å². The van der Waals surface area contributed by atoms with Crippen LogP contribution < -0.4 is 10.1 Å². The van der Waals surface area contributed by atoms with Crippen molar-refractivity contribution in [2.45, 2.75) is 39.7 Å². The molecule has 0 saturated carbocycles. The lowest BCUT2D eigenvalue weighted by Gasteiger charge is -2.26. The van der Waals surface area contributed by atoms with Gasteiger partial charge in [-0.05, 0) is 75.4 Å². The Morgan fingerprint density at radius 2 is 2.08 bits per heavy atom. The van der Waals surface area contributed by atoms with Crippen LogP contribution in [0.3, 0.4) is 0 Å². The molecule has 0 bridgehead atoms. The molecule has 2 aromatic rings. The second kappa shape index (κ2) is 7.23. The average Bonchev–Trinajstić information content (AvgIpc) is 3.08. The van der Waals surface area contributed by atoms with Crippen LogP contribution in [0, 0.1) is 19.8 Å². The summed E-state index contributed by atoms with van der Waals surface area (Å²) < 4.78 is 5.75. The van der Waals surface area contributed by atoms with Gasteiger partial charge in [0.2, 0.25) is 0 Å². The maximum atomic E-state index is 5.75. The lowest BCUT2D eigenvalue weighted by molar-refractivity contribution is 0.250. The van der Waals surface area contributed by atoms with Gasteiger partial charge >= 0.3 is 0 Å². The van der Waals surface area contributed by atoms with Gasteiger partial charge in [0.05, 0.1) is 6.54 Å². The number of hydrogen-bond donors (Lipinski definition) is 1. The molecule has 1 unspecified atom stereocenters. The maximum absolute atomic E-state index is 5.75. The molecular formula is C21H28N4O. The van der Waals surface area contributed by atoms with Gasteiger partial charge in [0, 0.05) is 30.2 Å². The topological polar surface area (TPSA) is 50.3 Å². The molecule has 0 radical (unpaired) electrons. The van der Waals surface area contributed by atoms with E-state index in [2.05, 4.69) is 59.2 Å². The standard InChI is InChI=1S/C21H28N4O/c1-14-8-18(9-15(2)24-14)10-17-4-6-25(13-17)16(3)19-11-20-21(23-12-19)22-5-7-26-20/h8-9,11-12,16-17H,4-7,10,13H2,1-3H3,(H,22,23)/t16?,17-/m1/s1. The first-order valence-corrected chi connectivity index (χ1v) is 9.63. The van der Waals surface area contributed by atoms with Gasteiger partial charge in [-0.3, -0.25) is 9.88 Å². The summed E-state index contributed by atoms with van der Waals surface area (Å²) in [6, 6.07) is 6.99. The van der Waals surface area contributed by atoms with Gasteiger partial charge in [0.1, 0.15) is 6.61 Å². The van der Waals surface area contributed by atoms with E-state index < -0.39 is 0 Å². The number of ether oxygens (including phenoxy) is 1. The first-order chi connectivity index (χ1) is 12.6. The predicted molar refractivity (Wildman–Crippen MR) is 104 cm³/mol. The molecular weight excluding hydrogens is 324 g/mol. The van der Waals surface area contributed by atoms with Crippen molar-refractivity contribution >= 4 is 5.82 Å². The number of nitrogens with one attached hydrogen (secondary N) is 1. The molecule has 1 fully saturated rings. The van der Waals surface area contributed by atoms with Crippen LogP contribution in [0.2, 0.25) is 0 Å². The Hall–Kier alpha value is -2.14. The summed E-state index contributed by atoms with van der Waals surface area (Å²) in [4.78, 5) is 11.6. The number of nitrogens with zero attached hydrogens (tertiary/aromatic N) is 3. The fraction of sp³-hybridized carbons (Fsp3) is 0.524. The molecule has 0 spiro atoms. The van der Waals surface area contributed by atoms with E-state index in [1.165, 1.54) is 17.5 Å². The van der Waals surface area contributed by atoms with Crippen molar-refractivity contribution in [2.75, 3.05) is 31.6 Å². The first kappa shape index (κ1) is 17.3. The van der Waals surface area contributed by atoms with Gasteiger partial charge in [0.25, 0.3) is 0 Å². The van der Waals surface area contributed by atoms with Crippen LogP contribution in [0.4, 0.5) is 5.82 Å². The quantitative estimate of drug-likeness (QED) is 0.912. The number of anilines is 1. The predicted octanol–water partition coefficient (Wildman–Crippen LogP) is 3.52. The van der Waals surface area contributed by atoms with Gasteiger partial charge in [-0.25, -0.2) is 4.98 Å². The number of fused-ring (bicyclic) bond motifs is 1. The van der Waals surface area contributed by atoms with Crippen LogP contribution in [0.1, 0.15) is 41.9 Å². The fourth-order valence-electron chi connectivity index (χ4n) is 4.23. The zero-order valence-electron chi connectivity index (χ0n) is 16.0. The van der Waals surface area contributed by atoms with Crippen LogP contribution in [0.5, 0.6) is 5.75 Å². The van der Waals surface area contributed by atoms with Crippen molar-refractivity contribution in [2.24, 2.45) is 5.92 Å². The smallest absolute Gasteiger partial charge is 0.168 e. The molecule has 1 N–H and O–H groups in total. The van der Waals surface area contributed by atoms with Gasteiger partial charge in [0.15, 0.2) is 11.6 Å². The summed E-state index contributed by atoms with van der Waals surface area (Å²) in [5, 5.41) is 3.29. The van der Waals surface area contributed by atoms with Crippen molar-refractivity contribution in [1.82, 2.24) is 14.9 Å². The van der Waals surface area contributed by atoms with Crippen LogP contribution in [-0.2, 0) is 6.42 Å². The molecule has 0 amide bonds. The Balaban J connectivity index is 1.41. The summed E-state index contributed by atoms with van der Waals surface area (Å²) in [6.45, 7) is 10.3. The first-order valence-electron chi connectivity index (χ1n) is 9.63. The largest absolute Gasteiger partial charge is 0.488 e. The summed E-state index contributed by atoms with van der Waals surface area (Å²) in [5.41, 5.74) is 4.90. The molecule has 1 saturated heterocycles. The normalized spacial score (nSPS) is 21.0. The number of pyridine rings is 2. The molecule has 2 aliphatic rings. The Labute approximate surface area is 155 Å². The van der Waals surface area contributed by atoms with Crippen LogP contribution in [0.15, 0.2) is 24.4 Å². The van der Waals surface area contributed by atoms with Gasteiger partial charge in [-0.2, -0.15) is 0 Å². The molecule has 26 heavy (non-hydrogen) atoms. The monoisotopic (exact) mass is 352 g/mol. The molecule has 5 nitrogen and oxygen atoms in total. The Morgan fingerprint density at radius 3 is 2.88 bits per heavy atom. The highest BCUT2D eigenvalue weighted by Crippen LogP contribution is 2.33. The van der Waals surface area contributed by atoms with Crippen molar-refractivity contribution in [1.29, 1.82) is 0 Å². The summed E-state index contributed by atoms with van der Waals surface area (Å²) in [7, 11) is 0. The SMILES string of the molecule is Cc1cc(C[C@H]2CCN(C(C)c3cnc4c(c3)OCCN4)C2)cc(C)n1. The number of aryl methyl sites for hydroxylation is 2. The minimum absolute atomic E-state index is 0.365. The maximum Gasteiger partial charge on any atom is 0.168 e. The minimum atomic E-state index is 0.365. The molecule has 0 aromatic carbocycles. The minimum Gasteiger partial charge on any atom is -0.488 e. The third kappa shape index (κ3) is 3.68. The second-order valence-corrected chi connectivity index (χ2v) is 7.68. The van der Waals surface area contributed by atoms with E-state index in [1.54, 1.807) is 0 Å². The third-order valence-corrected chi connectivity index (χ3v) is 5.54. The molecule has 2 aromatic heterocycles. The molecule has 2 aliphatic heterocycles. The zero-order chi connectivity index (χ0) is 18.1. The number of likely N-dealkylation sites (tertiary alicyclic amines) is 1. The van der Waals surface area contributed by atoms with E-state index >= 15 is 0 Å². The van der Waals surface area contributed by atoms with Crippen LogP contribution in [0.25, 0.3) is 0 Å². The van der Waals surface area contributed by atoms with Crippen LogP contribution in [-0.4, -0.2) is 41.1 Å². The third-order valence-electron chi connectivity index (χ3n) is 5.54. The molecule has 2 atom stereocenters. The van der Waals surface area contributed by atoms with Gasteiger partial charge < -0.3 is 10.1 Å². The molecule has 5 heteroatoms. The lowest BCUT2D eigenvalue weighted by atomic mass is 9.98. The van der Waals surface area contributed by atoms with Crippen LogP contribution >= 0.6 is 0 Å². The Morgan fingerprint density at radius 1 is 1.27 bits per heavy atom. The summed E-state index contributed by atoms with van der Waals surface area (Å²) in [6.07, 6.45) is 4.39. The van der Waals surface area contributed by atoms with E-state index in [0.717, 1.165) is 49.0 Å². The summed E-state index contributed by atoms with van der Waals surface area (Å²) in [5.74, 6) is 2.47. The number of rotatable bonds is 4. The summed E-state index contributed by atoms with van der Waals surface area (Å²) >= 11 is 0. The van der Waals surface area contributed by atoms with E-state index in [9.17, 15) is 0 Å². The highest BCUT2D eigenvalue weighted by Gasteiger charge is 2.28. The molecule has 138 valence electrons. The Bertz CT molecular complexity index is 771. The molecule has 0 aliphatic carbocycles. The van der Waals surface area contributed by atoms with E-state index in [4.69, 9.17) is 4.74 Å². The molecule has 4 rings (SSSR count). The van der Waals surface area contributed by atoms with E-state index in [0.29, 0.717) is 18.6 Å². The Kier molecular flexibility index (Phi) is 4.81. The zero-order valence-corrected chi connectivity index (χ0v) is 16.0. The fourth-order valence-corrected chi connectivity index (χ4v) is 4.23. The lowest BCUT2D eigenvalue weighted by Crippen LogP contribution is -2.26. The highest BCUT2D eigenvalue weighted by atomic mass is 16.5. The van der Waals surface area contributed by atoms with Crippen molar-refractivity contribution in [3.05, 3.63) is 46.9 Å². The van der Waals surface area contributed by atoms with Gasteiger partial charge in [-0.1, -0.05) is 0 Å².